The molecule has 23 heavy (non-hydrogen) atoms. The van der Waals surface area contributed by atoms with Crippen LogP contribution in [0.5, 0.6) is 0 Å². The molecule has 0 spiro atoms. The van der Waals surface area contributed by atoms with E-state index in [1.54, 1.807) is 24.3 Å². The molecular weight excluding hydrogens is 319 g/mol. The summed E-state index contributed by atoms with van der Waals surface area (Å²) in [5.74, 6) is -1.17. The minimum Gasteiger partial charge on any atom is -0.322 e. The summed E-state index contributed by atoms with van der Waals surface area (Å²) < 4.78 is 14.7. The van der Waals surface area contributed by atoms with Crippen molar-refractivity contribution in [2.45, 2.75) is 6.92 Å². The summed E-state index contributed by atoms with van der Waals surface area (Å²) in [4.78, 5) is 24.2. The molecule has 0 saturated heterocycles. The van der Waals surface area contributed by atoms with Gasteiger partial charge in [-0.05, 0) is 36.4 Å². The molecule has 6 heteroatoms. The number of nitrogens with one attached hydrogen (secondary N) is 1. The molecule has 3 aromatic rings. The van der Waals surface area contributed by atoms with Crippen molar-refractivity contribution in [1.82, 2.24) is 4.57 Å². The van der Waals surface area contributed by atoms with E-state index < -0.39 is 11.7 Å². The predicted octanol–water partition coefficient (Wildman–Crippen LogP) is 4.35. The zero-order chi connectivity index (χ0) is 16.6. The van der Waals surface area contributed by atoms with Crippen LogP contribution in [-0.2, 0) is 0 Å². The second-order valence-corrected chi connectivity index (χ2v) is 5.49. The summed E-state index contributed by atoms with van der Waals surface area (Å²) in [6.45, 7) is 1.35. The number of anilines is 1. The summed E-state index contributed by atoms with van der Waals surface area (Å²) in [5, 5.41) is 3.71. The van der Waals surface area contributed by atoms with E-state index in [0.29, 0.717) is 21.6 Å². The zero-order valence-electron chi connectivity index (χ0n) is 12.1. The zero-order valence-corrected chi connectivity index (χ0v) is 12.9. The van der Waals surface area contributed by atoms with Crippen LogP contribution in [0.2, 0.25) is 5.02 Å². The number of hydrogen-bond acceptors (Lipinski definition) is 2. The minimum absolute atomic E-state index is 0.287. The Morgan fingerprint density at radius 2 is 1.96 bits per heavy atom. The van der Waals surface area contributed by atoms with Gasteiger partial charge in [0, 0.05) is 29.2 Å². The molecule has 0 bridgehead atoms. The van der Waals surface area contributed by atoms with Crippen LogP contribution in [0.3, 0.4) is 0 Å². The summed E-state index contributed by atoms with van der Waals surface area (Å²) >= 11 is 5.89. The monoisotopic (exact) mass is 330 g/mol. The largest absolute Gasteiger partial charge is 0.322 e. The number of carbonyl (C=O) groups excluding carboxylic acids is 2. The van der Waals surface area contributed by atoms with Gasteiger partial charge in [0.25, 0.3) is 5.91 Å². The molecule has 1 aromatic heterocycles. The number of rotatable bonds is 2. The lowest BCUT2D eigenvalue weighted by atomic mass is 10.1. The first kappa shape index (κ1) is 15.2. The van der Waals surface area contributed by atoms with Gasteiger partial charge in [-0.15, -0.1) is 0 Å². The Balaban J connectivity index is 2.05. The Hall–Kier alpha value is -2.66. The first-order valence-corrected chi connectivity index (χ1v) is 7.22. The van der Waals surface area contributed by atoms with Crippen molar-refractivity contribution in [3.63, 3.8) is 0 Å². The third kappa shape index (κ3) is 2.96. The van der Waals surface area contributed by atoms with Crippen LogP contribution in [0.25, 0.3) is 10.9 Å². The van der Waals surface area contributed by atoms with Crippen LogP contribution in [0, 0.1) is 5.82 Å². The van der Waals surface area contributed by atoms with E-state index >= 15 is 0 Å². The number of fused-ring (bicyclic) bond motifs is 1. The van der Waals surface area contributed by atoms with Gasteiger partial charge in [-0.2, -0.15) is 0 Å². The maximum absolute atomic E-state index is 13.4. The molecule has 116 valence electrons. The molecule has 1 heterocycles. The van der Waals surface area contributed by atoms with Crippen LogP contribution in [0.1, 0.15) is 22.1 Å². The highest BCUT2D eigenvalue weighted by atomic mass is 35.5. The average molecular weight is 331 g/mol. The molecule has 4 nitrogen and oxygen atoms in total. The summed E-state index contributed by atoms with van der Waals surface area (Å²) in [6, 6.07) is 10.7. The fourth-order valence-electron chi connectivity index (χ4n) is 2.41. The molecule has 0 unspecified atom stereocenters. The number of hydrogen-bond donors (Lipinski definition) is 1. The third-order valence-corrected chi connectivity index (χ3v) is 3.67. The first-order valence-electron chi connectivity index (χ1n) is 6.84. The summed E-state index contributed by atoms with van der Waals surface area (Å²) in [5.41, 5.74) is 1.18. The number of benzene rings is 2. The van der Waals surface area contributed by atoms with Crippen LogP contribution in [0.15, 0.2) is 48.7 Å². The van der Waals surface area contributed by atoms with Crippen LogP contribution in [-0.4, -0.2) is 16.4 Å². The van der Waals surface area contributed by atoms with Gasteiger partial charge in [-0.1, -0.05) is 17.7 Å². The fourth-order valence-corrected chi connectivity index (χ4v) is 2.60. The maximum Gasteiger partial charge on any atom is 0.257 e. The molecule has 0 aliphatic carbocycles. The normalized spacial score (nSPS) is 10.7. The maximum atomic E-state index is 13.4. The van der Waals surface area contributed by atoms with E-state index in [-0.39, 0.29) is 11.5 Å². The third-order valence-electron chi connectivity index (χ3n) is 3.43. The van der Waals surface area contributed by atoms with Crippen molar-refractivity contribution < 1.29 is 14.0 Å². The van der Waals surface area contributed by atoms with Crippen LogP contribution in [0.4, 0.5) is 10.1 Å². The Morgan fingerprint density at radius 1 is 1.17 bits per heavy atom. The van der Waals surface area contributed by atoms with Gasteiger partial charge in [-0.25, -0.2) is 4.39 Å². The highest BCUT2D eigenvalue weighted by Gasteiger charge is 2.17. The second kappa shape index (κ2) is 5.85. The van der Waals surface area contributed by atoms with Gasteiger partial charge in [0.05, 0.1) is 11.1 Å². The van der Waals surface area contributed by atoms with Crippen molar-refractivity contribution in [3.05, 3.63) is 65.1 Å². The number of aromatic nitrogens is 1. The van der Waals surface area contributed by atoms with Crippen molar-refractivity contribution in [2.75, 3.05) is 5.32 Å². The van der Waals surface area contributed by atoms with Gasteiger partial charge in [-0.3, -0.25) is 14.2 Å². The predicted molar refractivity (Wildman–Crippen MR) is 87.6 cm³/mol. The molecule has 1 N–H and O–H groups in total. The number of halogens is 2. The van der Waals surface area contributed by atoms with Gasteiger partial charge >= 0.3 is 0 Å². The number of carbonyl (C=O) groups is 2. The fraction of sp³-hybridized carbons (Fsp3) is 0.0588. The Labute approximate surface area is 136 Å². The van der Waals surface area contributed by atoms with Gasteiger partial charge in [0.1, 0.15) is 5.82 Å². The lowest BCUT2D eigenvalue weighted by Crippen LogP contribution is -2.11. The van der Waals surface area contributed by atoms with Crippen LogP contribution >= 0.6 is 11.6 Å². The molecule has 0 saturated carbocycles. The molecule has 2 aromatic carbocycles. The van der Waals surface area contributed by atoms with E-state index in [4.69, 9.17) is 11.6 Å². The van der Waals surface area contributed by atoms with Crippen molar-refractivity contribution >= 4 is 40.0 Å². The Bertz CT molecular complexity index is 933. The highest BCUT2D eigenvalue weighted by Crippen LogP contribution is 2.24. The van der Waals surface area contributed by atoms with Crippen LogP contribution < -0.4 is 5.32 Å². The van der Waals surface area contributed by atoms with E-state index in [2.05, 4.69) is 5.32 Å². The lowest BCUT2D eigenvalue weighted by molar-refractivity contribution is 0.0941. The van der Waals surface area contributed by atoms with Gasteiger partial charge in [0.2, 0.25) is 5.91 Å². The van der Waals surface area contributed by atoms with Gasteiger partial charge < -0.3 is 5.32 Å². The highest BCUT2D eigenvalue weighted by molar-refractivity contribution is 6.31. The molecule has 3 rings (SSSR count). The van der Waals surface area contributed by atoms with E-state index in [1.807, 2.05) is 0 Å². The molecule has 0 aliphatic heterocycles. The molecular formula is C17H12ClFN2O2. The smallest absolute Gasteiger partial charge is 0.257 e. The number of amides is 1. The van der Waals surface area contributed by atoms with E-state index in [0.717, 1.165) is 0 Å². The summed E-state index contributed by atoms with van der Waals surface area (Å²) in [7, 11) is 0. The van der Waals surface area contributed by atoms with Crippen molar-refractivity contribution in [2.24, 2.45) is 0 Å². The van der Waals surface area contributed by atoms with Crippen molar-refractivity contribution in [3.8, 4) is 0 Å². The topological polar surface area (TPSA) is 51.1 Å². The SMILES string of the molecule is CC(=O)n1cc(C(=O)Nc2cccc(Cl)c2)c2ccc(F)cc21. The number of nitrogens with zero attached hydrogens (tertiary/aromatic N) is 1. The van der Waals surface area contributed by atoms with Crippen molar-refractivity contribution in [1.29, 1.82) is 0 Å². The molecule has 0 radical (unpaired) electrons. The second-order valence-electron chi connectivity index (χ2n) is 5.06. The quantitative estimate of drug-likeness (QED) is 0.759. The molecule has 0 fully saturated rings. The summed E-state index contributed by atoms with van der Waals surface area (Å²) in [6.07, 6.45) is 1.41. The average Bonchev–Trinajstić information content (AvgIpc) is 2.86. The Kier molecular flexibility index (Phi) is 3.88. The first-order chi connectivity index (χ1) is 11.0. The standard InChI is InChI=1S/C17H12ClFN2O2/c1-10(22)21-9-15(14-6-5-12(19)8-16(14)21)17(23)20-13-4-2-3-11(18)7-13/h2-9H,1H3,(H,20,23). The molecule has 1 amide bonds. The van der Waals surface area contributed by atoms with Gasteiger partial charge in [0.15, 0.2) is 0 Å². The molecule has 0 atom stereocenters. The Morgan fingerprint density at radius 3 is 2.65 bits per heavy atom. The minimum atomic E-state index is -0.472. The van der Waals surface area contributed by atoms with E-state index in [1.165, 1.54) is 35.9 Å². The molecule has 0 aliphatic rings. The van der Waals surface area contributed by atoms with E-state index in [9.17, 15) is 14.0 Å². The lowest BCUT2D eigenvalue weighted by Gasteiger charge is -2.04.